The topological polar surface area (TPSA) is 89.9 Å². The number of nitrogens with one attached hydrogen (secondary N) is 1. The summed E-state index contributed by atoms with van der Waals surface area (Å²) in [7, 11) is 1.59. The standard InChI is InChI=1S/C13H24N2O4/c1-12(2,9-16)15(3)11(19)14-8-13(10(17)18)6-4-5-7-13/h16H,4-9H2,1-3H3,(H,14,19)(H,17,18). The van der Waals surface area contributed by atoms with Crippen molar-refractivity contribution in [2.75, 3.05) is 20.2 Å². The molecule has 0 heterocycles. The van der Waals surface area contributed by atoms with Crippen molar-refractivity contribution in [1.29, 1.82) is 0 Å². The summed E-state index contributed by atoms with van der Waals surface area (Å²) in [5.41, 5.74) is -1.49. The second-order valence-corrected chi connectivity index (χ2v) is 5.98. The highest BCUT2D eigenvalue weighted by Gasteiger charge is 2.42. The largest absolute Gasteiger partial charge is 0.481 e. The summed E-state index contributed by atoms with van der Waals surface area (Å²) >= 11 is 0. The Balaban J connectivity index is 2.61. The van der Waals surface area contributed by atoms with Crippen LogP contribution in [0.2, 0.25) is 0 Å². The van der Waals surface area contributed by atoms with Gasteiger partial charge >= 0.3 is 12.0 Å². The molecule has 1 aliphatic carbocycles. The molecule has 0 saturated heterocycles. The molecule has 0 unspecified atom stereocenters. The van der Waals surface area contributed by atoms with E-state index in [1.165, 1.54) is 4.90 Å². The monoisotopic (exact) mass is 272 g/mol. The number of aliphatic carboxylic acids is 1. The molecule has 3 N–H and O–H groups in total. The number of urea groups is 1. The molecule has 1 aliphatic rings. The van der Waals surface area contributed by atoms with Gasteiger partial charge in [0, 0.05) is 13.6 Å². The molecule has 0 aromatic rings. The number of hydrogen-bond acceptors (Lipinski definition) is 3. The van der Waals surface area contributed by atoms with Gasteiger partial charge < -0.3 is 20.4 Å². The average Bonchev–Trinajstić information content (AvgIpc) is 2.85. The fourth-order valence-electron chi connectivity index (χ4n) is 2.26. The van der Waals surface area contributed by atoms with E-state index in [0.29, 0.717) is 12.8 Å². The molecule has 0 aromatic heterocycles. The van der Waals surface area contributed by atoms with Crippen LogP contribution >= 0.6 is 0 Å². The third-order valence-electron chi connectivity index (χ3n) is 4.19. The summed E-state index contributed by atoms with van der Waals surface area (Å²) in [6.07, 6.45) is 2.99. The van der Waals surface area contributed by atoms with Crippen LogP contribution < -0.4 is 5.32 Å². The van der Waals surface area contributed by atoms with Gasteiger partial charge in [-0.3, -0.25) is 4.79 Å². The molecule has 0 aliphatic heterocycles. The molecule has 0 atom stereocenters. The third-order valence-corrected chi connectivity index (χ3v) is 4.19. The average molecular weight is 272 g/mol. The third kappa shape index (κ3) is 3.37. The minimum absolute atomic E-state index is 0.146. The number of amides is 2. The summed E-state index contributed by atoms with van der Waals surface area (Å²) in [5, 5.41) is 21.2. The highest BCUT2D eigenvalue weighted by atomic mass is 16.4. The van der Waals surface area contributed by atoms with Crippen molar-refractivity contribution < 1.29 is 19.8 Å². The molecule has 0 spiro atoms. The highest BCUT2D eigenvalue weighted by Crippen LogP contribution is 2.37. The number of carbonyl (C=O) groups is 2. The molecule has 1 saturated carbocycles. The van der Waals surface area contributed by atoms with Crippen LogP contribution in [0.25, 0.3) is 0 Å². The van der Waals surface area contributed by atoms with Gasteiger partial charge in [-0.2, -0.15) is 0 Å². The Bertz CT molecular complexity index is 349. The lowest BCUT2D eigenvalue weighted by Crippen LogP contribution is -2.53. The number of nitrogens with zero attached hydrogens (tertiary/aromatic N) is 1. The second-order valence-electron chi connectivity index (χ2n) is 5.98. The van der Waals surface area contributed by atoms with Gasteiger partial charge in [0.1, 0.15) is 0 Å². The molecule has 6 heteroatoms. The molecule has 0 radical (unpaired) electrons. The van der Waals surface area contributed by atoms with Gasteiger partial charge in [0.15, 0.2) is 0 Å². The fourth-order valence-corrected chi connectivity index (χ4v) is 2.26. The number of rotatable bonds is 5. The maximum absolute atomic E-state index is 12.0. The molecule has 0 aromatic carbocycles. The minimum atomic E-state index is -0.839. The zero-order valence-electron chi connectivity index (χ0n) is 11.9. The van der Waals surface area contributed by atoms with Gasteiger partial charge in [-0.15, -0.1) is 0 Å². The van der Waals surface area contributed by atoms with Crippen molar-refractivity contribution in [3.05, 3.63) is 0 Å². The maximum atomic E-state index is 12.0. The van der Waals surface area contributed by atoms with Crippen molar-refractivity contribution in [3.8, 4) is 0 Å². The first-order chi connectivity index (χ1) is 8.75. The zero-order chi connectivity index (χ0) is 14.7. The Labute approximate surface area is 113 Å². The SMILES string of the molecule is CN(C(=O)NCC1(C(=O)O)CCCC1)C(C)(C)CO. The number of carboxylic acid groups (broad SMARTS) is 1. The fraction of sp³-hybridized carbons (Fsp3) is 0.846. The summed E-state index contributed by atoms with van der Waals surface area (Å²) in [4.78, 5) is 24.7. The Kier molecular flexibility index (Phi) is 4.79. The van der Waals surface area contributed by atoms with Gasteiger partial charge in [0.25, 0.3) is 0 Å². The van der Waals surface area contributed by atoms with Crippen LogP contribution in [0, 0.1) is 5.41 Å². The lowest BCUT2D eigenvalue weighted by atomic mass is 9.86. The number of hydrogen-bond donors (Lipinski definition) is 3. The van der Waals surface area contributed by atoms with Crippen LogP contribution in [0.4, 0.5) is 4.79 Å². The normalized spacial score (nSPS) is 18.1. The molecule has 19 heavy (non-hydrogen) atoms. The smallest absolute Gasteiger partial charge is 0.317 e. The van der Waals surface area contributed by atoms with Gasteiger partial charge in [-0.1, -0.05) is 12.8 Å². The van der Waals surface area contributed by atoms with E-state index in [2.05, 4.69) is 5.32 Å². The van der Waals surface area contributed by atoms with E-state index in [1.54, 1.807) is 20.9 Å². The van der Waals surface area contributed by atoms with Gasteiger partial charge in [0.2, 0.25) is 0 Å². The predicted molar refractivity (Wildman–Crippen MR) is 70.9 cm³/mol. The molecular weight excluding hydrogens is 248 g/mol. The lowest BCUT2D eigenvalue weighted by Gasteiger charge is -2.35. The van der Waals surface area contributed by atoms with Crippen LogP contribution in [-0.4, -0.2) is 52.9 Å². The molecule has 1 fully saturated rings. The van der Waals surface area contributed by atoms with Crippen molar-refractivity contribution in [2.45, 2.75) is 45.1 Å². The van der Waals surface area contributed by atoms with Gasteiger partial charge in [-0.25, -0.2) is 4.79 Å². The van der Waals surface area contributed by atoms with E-state index in [-0.39, 0.29) is 19.2 Å². The summed E-state index contributed by atoms with van der Waals surface area (Å²) in [5.74, 6) is -0.839. The zero-order valence-corrected chi connectivity index (χ0v) is 11.9. The quantitative estimate of drug-likeness (QED) is 0.697. The summed E-state index contributed by atoms with van der Waals surface area (Å²) in [6, 6.07) is -0.355. The number of carboxylic acids is 1. The van der Waals surface area contributed by atoms with E-state index < -0.39 is 16.9 Å². The van der Waals surface area contributed by atoms with Crippen LogP contribution in [-0.2, 0) is 4.79 Å². The first kappa shape index (κ1) is 15.8. The molecular formula is C13H24N2O4. The van der Waals surface area contributed by atoms with E-state index in [9.17, 15) is 19.8 Å². The first-order valence-electron chi connectivity index (χ1n) is 6.61. The Morgan fingerprint density at radius 1 is 1.32 bits per heavy atom. The predicted octanol–water partition coefficient (Wildman–Crippen LogP) is 1.04. The number of carbonyl (C=O) groups excluding carboxylic acids is 1. The number of likely N-dealkylation sites (N-methyl/N-ethyl adjacent to an activating group) is 1. The van der Waals surface area contributed by atoms with Crippen LogP contribution in [0.3, 0.4) is 0 Å². The van der Waals surface area contributed by atoms with Gasteiger partial charge in [0.05, 0.1) is 17.6 Å². The van der Waals surface area contributed by atoms with Crippen LogP contribution in [0.1, 0.15) is 39.5 Å². The molecule has 1 rings (SSSR count). The van der Waals surface area contributed by atoms with Crippen molar-refractivity contribution in [1.82, 2.24) is 10.2 Å². The molecule has 110 valence electrons. The maximum Gasteiger partial charge on any atom is 0.317 e. The second kappa shape index (κ2) is 5.77. The minimum Gasteiger partial charge on any atom is -0.481 e. The van der Waals surface area contributed by atoms with Crippen molar-refractivity contribution in [2.24, 2.45) is 5.41 Å². The van der Waals surface area contributed by atoms with E-state index in [0.717, 1.165) is 12.8 Å². The number of aliphatic hydroxyl groups is 1. The Morgan fingerprint density at radius 3 is 2.26 bits per heavy atom. The van der Waals surface area contributed by atoms with Crippen molar-refractivity contribution >= 4 is 12.0 Å². The van der Waals surface area contributed by atoms with E-state index >= 15 is 0 Å². The lowest BCUT2D eigenvalue weighted by molar-refractivity contribution is -0.148. The summed E-state index contributed by atoms with van der Waals surface area (Å²) < 4.78 is 0. The number of aliphatic hydroxyl groups excluding tert-OH is 1. The summed E-state index contributed by atoms with van der Waals surface area (Å²) in [6.45, 7) is 3.48. The van der Waals surface area contributed by atoms with Crippen molar-refractivity contribution in [3.63, 3.8) is 0 Å². The molecule has 6 nitrogen and oxygen atoms in total. The van der Waals surface area contributed by atoms with Crippen LogP contribution in [0.5, 0.6) is 0 Å². The first-order valence-corrected chi connectivity index (χ1v) is 6.61. The van der Waals surface area contributed by atoms with E-state index in [1.807, 2.05) is 0 Å². The molecule has 2 amide bonds. The molecule has 0 bridgehead atoms. The van der Waals surface area contributed by atoms with Gasteiger partial charge in [-0.05, 0) is 26.7 Å². The van der Waals surface area contributed by atoms with E-state index in [4.69, 9.17) is 0 Å². The van der Waals surface area contributed by atoms with Crippen LogP contribution in [0.15, 0.2) is 0 Å². The highest BCUT2D eigenvalue weighted by molar-refractivity contribution is 5.78. The Hall–Kier alpha value is -1.30. The Morgan fingerprint density at radius 2 is 1.84 bits per heavy atom.